The molecule has 0 spiro atoms. The van der Waals surface area contributed by atoms with Crippen molar-refractivity contribution in [3.05, 3.63) is 59.8 Å². The van der Waals surface area contributed by atoms with Crippen molar-refractivity contribution in [1.29, 1.82) is 0 Å². The summed E-state index contributed by atoms with van der Waals surface area (Å²) in [5.41, 5.74) is 2.14. The van der Waals surface area contributed by atoms with E-state index in [9.17, 15) is 13.2 Å². The van der Waals surface area contributed by atoms with Gasteiger partial charge in [0.15, 0.2) is 5.03 Å². The zero-order chi connectivity index (χ0) is 14.9. The van der Waals surface area contributed by atoms with Gasteiger partial charge in [-0.3, -0.25) is 4.79 Å². The molecule has 0 N–H and O–H groups in total. The lowest BCUT2D eigenvalue weighted by Crippen LogP contribution is -2.31. The van der Waals surface area contributed by atoms with Crippen molar-refractivity contribution in [1.82, 2.24) is 9.88 Å². The summed E-state index contributed by atoms with van der Waals surface area (Å²) in [6, 6.07) is 12.4. The molecule has 1 aliphatic rings. The van der Waals surface area contributed by atoms with Crippen LogP contribution < -0.4 is 0 Å². The Labute approximate surface area is 123 Å². The van der Waals surface area contributed by atoms with Gasteiger partial charge in [-0.05, 0) is 23.3 Å². The van der Waals surface area contributed by atoms with Crippen LogP contribution in [0.25, 0.3) is 0 Å². The Bertz CT molecular complexity index is 748. The molecule has 0 fully saturated rings. The summed E-state index contributed by atoms with van der Waals surface area (Å²) in [6.07, 6.45) is 1.41. The summed E-state index contributed by atoms with van der Waals surface area (Å²) in [7, 11) is -3.69. The third-order valence-electron chi connectivity index (χ3n) is 3.46. The number of hydrogen-bond acceptors (Lipinski definition) is 4. The zero-order valence-electron chi connectivity index (χ0n) is 11.3. The Balaban J connectivity index is 1.74. The molecule has 0 unspecified atom stereocenters. The van der Waals surface area contributed by atoms with Crippen molar-refractivity contribution in [3.8, 4) is 0 Å². The third-order valence-corrected chi connectivity index (χ3v) is 4.97. The van der Waals surface area contributed by atoms with Crippen LogP contribution in [0.4, 0.5) is 0 Å². The topological polar surface area (TPSA) is 67.3 Å². The molecule has 1 amide bonds. The predicted octanol–water partition coefficient (Wildman–Crippen LogP) is 1.40. The maximum atomic E-state index is 12.2. The molecule has 2 aromatic rings. The highest BCUT2D eigenvalue weighted by Crippen LogP contribution is 2.22. The first-order chi connectivity index (χ1) is 10.1. The van der Waals surface area contributed by atoms with Crippen molar-refractivity contribution >= 4 is 15.7 Å². The minimum Gasteiger partial charge on any atom is -0.333 e. The van der Waals surface area contributed by atoms with E-state index in [0.29, 0.717) is 13.1 Å². The Morgan fingerprint density at radius 2 is 1.67 bits per heavy atom. The average molecular weight is 302 g/mol. The Morgan fingerprint density at radius 1 is 1.05 bits per heavy atom. The van der Waals surface area contributed by atoms with E-state index >= 15 is 0 Å². The standard InChI is InChI=1S/C15H14N2O3S/c18-15(11-21(19,20)14-7-3-4-8-16-14)17-9-12-5-1-2-6-13(12)10-17/h1-8H,9-11H2. The molecule has 0 atom stereocenters. The van der Waals surface area contributed by atoms with Gasteiger partial charge >= 0.3 is 0 Å². The lowest BCUT2D eigenvalue weighted by Gasteiger charge is -2.15. The van der Waals surface area contributed by atoms with Crippen molar-refractivity contribution in [2.24, 2.45) is 0 Å². The molecule has 0 aliphatic carbocycles. The maximum Gasteiger partial charge on any atom is 0.238 e. The first-order valence-corrected chi connectivity index (χ1v) is 8.20. The highest BCUT2D eigenvalue weighted by Gasteiger charge is 2.28. The molecule has 0 bridgehead atoms. The molecule has 1 aliphatic heterocycles. The SMILES string of the molecule is O=C(CS(=O)(=O)c1ccccn1)N1Cc2ccccc2C1. The normalized spacial score (nSPS) is 14.0. The van der Waals surface area contributed by atoms with E-state index in [1.165, 1.54) is 12.3 Å². The van der Waals surface area contributed by atoms with Gasteiger partial charge in [-0.1, -0.05) is 30.3 Å². The summed E-state index contributed by atoms with van der Waals surface area (Å²) in [6.45, 7) is 0.930. The lowest BCUT2D eigenvalue weighted by atomic mass is 10.1. The van der Waals surface area contributed by atoms with Crippen molar-refractivity contribution in [2.45, 2.75) is 18.1 Å². The van der Waals surface area contributed by atoms with Crippen molar-refractivity contribution in [3.63, 3.8) is 0 Å². The van der Waals surface area contributed by atoms with Crippen LogP contribution >= 0.6 is 0 Å². The van der Waals surface area contributed by atoms with E-state index in [-0.39, 0.29) is 5.03 Å². The van der Waals surface area contributed by atoms with Gasteiger partial charge < -0.3 is 4.90 Å². The minimum absolute atomic E-state index is 0.0601. The van der Waals surface area contributed by atoms with Gasteiger partial charge in [0.2, 0.25) is 15.7 Å². The molecule has 1 aromatic carbocycles. The fourth-order valence-corrected chi connectivity index (χ4v) is 3.53. The van der Waals surface area contributed by atoms with E-state index in [2.05, 4.69) is 4.98 Å². The zero-order valence-corrected chi connectivity index (χ0v) is 12.1. The maximum absolute atomic E-state index is 12.2. The van der Waals surface area contributed by atoms with Crippen LogP contribution in [0.3, 0.4) is 0 Å². The molecule has 0 radical (unpaired) electrons. The second-order valence-electron chi connectivity index (χ2n) is 4.95. The number of sulfone groups is 1. The van der Waals surface area contributed by atoms with Gasteiger partial charge in [0.05, 0.1) is 0 Å². The molecule has 1 aromatic heterocycles. The fourth-order valence-electron chi connectivity index (χ4n) is 2.37. The molecule has 5 nitrogen and oxygen atoms in total. The number of nitrogens with zero attached hydrogens (tertiary/aromatic N) is 2. The molecular weight excluding hydrogens is 288 g/mol. The second-order valence-corrected chi connectivity index (χ2v) is 6.88. The van der Waals surface area contributed by atoms with Crippen LogP contribution in [0.5, 0.6) is 0 Å². The highest BCUT2D eigenvalue weighted by molar-refractivity contribution is 7.92. The van der Waals surface area contributed by atoms with E-state index in [1.807, 2.05) is 24.3 Å². The second kappa shape index (κ2) is 5.29. The number of amides is 1. The van der Waals surface area contributed by atoms with Gasteiger partial charge in [0.1, 0.15) is 5.75 Å². The first kappa shape index (κ1) is 13.8. The quantitative estimate of drug-likeness (QED) is 0.859. The summed E-state index contributed by atoms with van der Waals surface area (Å²) < 4.78 is 24.3. The molecule has 6 heteroatoms. The Kier molecular flexibility index (Phi) is 3.47. The molecule has 108 valence electrons. The van der Waals surface area contributed by atoms with Gasteiger partial charge in [0.25, 0.3) is 0 Å². The summed E-state index contributed by atoms with van der Waals surface area (Å²) in [4.78, 5) is 17.6. The largest absolute Gasteiger partial charge is 0.333 e. The monoisotopic (exact) mass is 302 g/mol. The van der Waals surface area contributed by atoms with Crippen LogP contribution in [0.1, 0.15) is 11.1 Å². The smallest absolute Gasteiger partial charge is 0.238 e. The first-order valence-electron chi connectivity index (χ1n) is 6.54. The molecule has 0 saturated carbocycles. The lowest BCUT2D eigenvalue weighted by molar-refractivity contribution is -0.129. The Hall–Kier alpha value is -2.21. The number of benzene rings is 1. The number of carbonyl (C=O) groups excluding carboxylic acids is 1. The van der Waals surface area contributed by atoms with Crippen LogP contribution in [-0.4, -0.2) is 30.0 Å². The van der Waals surface area contributed by atoms with Crippen LogP contribution in [0, 0.1) is 0 Å². The molecule has 2 heterocycles. The minimum atomic E-state index is -3.69. The van der Waals surface area contributed by atoms with E-state index in [0.717, 1.165) is 11.1 Å². The highest BCUT2D eigenvalue weighted by atomic mass is 32.2. The van der Waals surface area contributed by atoms with Gasteiger partial charge in [-0.2, -0.15) is 0 Å². The number of pyridine rings is 1. The van der Waals surface area contributed by atoms with E-state index in [1.54, 1.807) is 17.0 Å². The van der Waals surface area contributed by atoms with E-state index in [4.69, 9.17) is 0 Å². The number of rotatable bonds is 3. The van der Waals surface area contributed by atoms with Crippen molar-refractivity contribution < 1.29 is 13.2 Å². The summed E-state index contributed by atoms with van der Waals surface area (Å²) in [5, 5.41) is -0.0601. The molecular formula is C15H14N2O3S. The molecule has 0 saturated heterocycles. The number of carbonyl (C=O) groups is 1. The third kappa shape index (κ3) is 2.80. The van der Waals surface area contributed by atoms with Crippen LogP contribution in [0.15, 0.2) is 53.7 Å². The average Bonchev–Trinajstić information content (AvgIpc) is 2.92. The van der Waals surface area contributed by atoms with Gasteiger partial charge in [-0.25, -0.2) is 13.4 Å². The number of fused-ring (bicyclic) bond motifs is 1. The summed E-state index contributed by atoms with van der Waals surface area (Å²) >= 11 is 0. The van der Waals surface area contributed by atoms with Crippen LogP contribution in [0.2, 0.25) is 0 Å². The number of hydrogen-bond donors (Lipinski definition) is 0. The van der Waals surface area contributed by atoms with Crippen molar-refractivity contribution in [2.75, 3.05) is 5.75 Å². The van der Waals surface area contributed by atoms with Gasteiger partial charge in [-0.15, -0.1) is 0 Å². The van der Waals surface area contributed by atoms with E-state index < -0.39 is 21.5 Å². The van der Waals surface area contributed by atoms with Gasteiger partial charge in [0, 0.05) is 19.3 Å². The fraction of sp³-hybridized carbons (Fsp3) is 0.200. The molecule has 3 rings (SSSR count). The van der Waals surface area contributed by atoms with Crippen LogP contribution in [-0.2, 0) is 27.7 Å². The predicted molar refractivity (Wildman–Crippen MR) is 77.0 cm³/mol. The number of aromatic nitrogens is 1. The Morgan fingerprint density at radius 3 is 2.24 bits per heavy atom. The molecule has 21 heavy (non-hydrogen) atoms. The summed E-state index contributed by atoms with van der Waals surface area (Å²) in [5.74, 6) is -0.935.